The van der Waals surface area contributed by atoms with E-state index >= 15 is 0 Å². The molecule has 0 saturated carbocycles. The summed E-state index contributed by atoms with van der Waals surface area (Å²) in [6, 6.07) is 16.9. The number of hydrogen-bond acceptors (Lipinski definition) is 0. The average molecular weight is 385 g/mol. The number of benzene rings is 2. The standard InChI is InChI=1S/C17H18ClI/c1-17(2,3)13-10-8-12(9-11-13)16(18)14-6-4-5-7-15(14)19/h4-11,16H,1-3H3. The second kappa shape index (κ2) is 5.84. The van der Waals surface area contributed by atoms with Crippen LogP contribution >= 0.6 is 34.2 Å². The molecule has 2 aromatic rings. The summed E-state index contributed by atoms with van der Waals surface area (Å²) in [5.74, 6) is 0. The number of hydrogen-bond donors (Lipinski definition) is 0. The summed E-state index contributed by atoms with van der Waals surface area (Å²) in [5, 5.41) is -0.0814. The van der Waals surface area contributed by atoms with E-state index in [1.54, 1.807) is 0 Å². The van der Waals surface area contributed by atoms with Gasteiger partial charge in [-0.25, -0.2) is 0 Å². The molecule has 0 N–H and O–H groups in total. The summed E-state index contributed by atoms with van der Waals surface area (Å²) in [4.78, 5) is 0. The van der Waals surface area contributed by atoms with Gasteiger partial charge in [0.2, 0.25) is 0 Å². The molecule has 0 aromatic heterocycles. The molecule has 1 unspecified atom stereocenters. The molecule has 100 valence electrons. The van der Waals surface area contributed by atoms with Gasteiger partial charge in [-0.1, -0.05) is 63.2 Å². The van der Waals surface area contributed by atoms with Gasteiger partial charge in [0.1, 0.15) is 0 Å². The Balaban J connectivity index is 2.31. The fourth-order valence-electron chi connectivity index (χ4n) is 2.01. The van der Waals surface area contributed by atoms with Crippen molar-refractivity contribution in [1.29, 1.82) is 0 Å². The highest BCUT2D eigenvalue weighted by molar-refractivity contribution is 14.1. The van der Waals surface area contributed by atoms with E-state index in [0.29, 0.717) is 0 Å². The molecule has 2 heteroatoms. The second-order valence-corrected chi connectivity index (χ2v) is 7.35. The van der Waals surface area contributed by atoms with Crippen molar-refractivity contribution in [2.45, 2.75) is 31.6 Å². The Hall–Kier alpha value is -0.540. The zero-order valence-corrected chi connectivity index (χ0v) is 14.4. The zero-order valence-electron chi connectivity index (χ0n) is 11.5. The molecule has 0 bridgehead atoms. The van der Waals surface area contributed by atoms with Crippen LogP contribution in [0.15, 0.2) is 48.5 Å². The lowest BCUT2D eigenvalue weighted by Gasteiger charge is -2.20. The first kappa shape index (κ1) is 14.9. The number of alkyl halides is 1. The van der Waals surface area contributed by atoms with Gasteiger partial charge in [-0.15, -0.1) is 11.6 Å². The van der Waals surface area contributed by atoms with Crippen molar-refractivity contribution in [2.24, 2.45) is 0 Å². The first-order chi connectivity index (χ1) is 8.89. The van der Waals surface area contributed by atoms with E-state index in [-0.39, 0.29) is 10.8 Å². The molecule has 0 amide bonds. The van der Waals surface area contributed by atoms with Crippen LogP contribution in [0.3, 0.4) is 0 Å². The van der Waals surface area contributed by atoms with Crippen LogP contribution < -0.4 is 0 Å². The summed E-state index contributed by atoms with van der Waals surface area (Å²) >= 11 is 8.94. The Morgan fingerprint density at radius 3 is 2.05 bits per heavy atom. The lowest BCUT2D eigenvalue weighted by Crippen LogP contribution is -2.10. The van der Waals surface area contributed by atoms with Crippen LogP contribution in [0.2, 0.25) is 0 Å². The van der Waals surface area contributed by atoms with E-state index in [0.717, 1.165) is 5.56 Å². The molecule has 0 spiro atoms. The van der Waals surface area contributed by atoms with Crippen molar-refractivity contribution in [2.75, 3.05) is 0 Å². The van der Waals surface area contributed by atoms with Crippen molar-refractivity contribution < 1.29 is 0 Å². The van der Waals surface area contributed by atoms with Gasteiger partial charge in [0.25, 0.3) is 0 Å². The van der Waals surface area contributed by atoms with Crippen molar-refractivity contribution >= 4 is 34.2 Å². The molecule has 0 heterocycles. The topological polar surface area (TPSA) is 0 Å². The highest BCUT2D eigenvalue weighted by Crippen LogP contribution is 2.33. The van der Waals surface area contributed by atoms with Gasteiger partial charge in [0.05, 0.1) is 5.38 Å². The largest absolute Gasteiger partial charge is 0.113 e. The minimum absolute atomic E-state index is 0.0814. The first-order valence-electron chi connectivity index (χ1n) is 6.38. The molecule has 0 fully saturated rings. The van der Waals surface area contributed by atoms with Gasteiger partial charge >= 0.3 is 0 Å². The highest BCUT2D eigenvalue weighted by atomic mass is 127. The van der Waals surface area contributed by atoms with Crippen molar-refractivity contribution in [3.8, 4) is 0 Å². The smallest absolute Gasteiger partial charge is 0.0845 e. The molecule has 0 nitrogen and oxygen atoms in total. The summed E-state index contributed by atoms with van der Waals surface area (Å²) < 4.78 is 1.21. The molecule has 0 aliphatic heterocycles. The average Bonchev–Trinajstić information content (AvgIpc) is 2.38. The van der Waals surface area contributed by atoms with Crippen LogP contribution in [0.4, 0.5) is 0 Å². The molecule has 2 aromatic carbocycles. The molecule has 2 rings (SSSR count). The highest BCUT2D eigenvalue weighted by Gasteiger charge is 2.16. The van der Waals surface area contributed by atoms with Crippen LogP contribution in [-0.4, -0.2) is 0 Å². The van der Waals surface area contributed by atoms with E-state index in [4.69, 9.17) is 11.6 Å². The second-order valence-electron chi connectivity index (χ2n) is 5.76. The SMILES string of the molecule is CC(C)(C)c1ccc(C(Cl)c2ccccc2I)cc1. The van der Waals surface area contributed by atoms with Crippen molar-refractivity contribution in [3.63, 3.8) is 0 Å². The zero-order chi connectivity index (χ0) is 14.0. The van der Waals surface area contributed by atoms with Crippen LogP contribution in [-0.2, 0) is 5.41 Å². The molecular weight excluding hydrogens is 367 g/mol. The molecular formula is C17H18ClI. The molecule has 0 saturated heterocycles. The third-order valence-electron chi connectivity index (χ3n) is 3.25. The van der Waals surface area contributed by atoms with Gasteiger partial charge < -0.3 is 0 Å². The lowest BCUT2D eigenvalue weighted by atomic mass is 9.86. The molecule has 19 heavy (non-hydrogen) atoms. The van der Waals surface area contributed by atoms with Crippen LogP contribution in [0.25, 0.3) is 0 Å². The summed E-state index contributed by atoms with van der Waals surface area (Å²) in [6.45, 7) is 6.67. The fraction of sp³-hybridized carbons (Fsp3) is 0.294. The van der Waals surface area contributed by atoms with E-state index in [9.17, 15) is 0 Å². The Morgan fingerprint density at radius 1 is 0.947 bits per heavy atom. The van der Waals surface area contributed by atoms with Crippen molar-refractivity contribution in [1.82, 2.24) is 0 Å². The minimum atomic E-state index is -0.0814. The maximum atomic E-state index is 6.60. The van der Waals surface area contributed by atoms with Crippen LogP contribution in [0.5, 0.6) is 0 Å². The van der Waals surface area contributed by atoms with Gasteiger partial charge in [0.15, 0.2) is 0 Å². The molecule has 1 atom stereocenters. The Kier molecular flexibility index (Phi) is 4.57. The molecule has 0 radical (unpaired) electrons. The third-order valence-corrected chi connectivity index (χ3v) is 4.72. The van der Waals surface area contributed by atoms with Crippen LogP contribution in [0.1, 0.15) is 42.8 Å². The van der Waals surface area contributed by atoms with Gasteiger partial charge in [-0.3, -0.25) is 0 Å². The molecule has 0 aliphatic rings. The summed E-state index contributed by atoms with van der Waals surface area (Å²) in [7, 11) is 0. The third kappa shape index (κ3) is 3.51. The lowest BCUT2D eigenvalue weighted by molar-refractivity contribution is 0.590. The van der Waals surface area contributed by atoms with E-state index in [1.165, 1.54) is 14.7 Å². The first-order valence-corrected chi connectivity index (χ1v) is 7.90. The fourth-order valence-corrected chi connectivity index (χ4v) is 3.23. The van der Waals surface area contributed by atoms with Gasteiger partial charge in [0, 0.05) is 3.57 Å². The maximum absolute atomic E-state index is 6.60. The number of rotatable bonds is 2. The Labute approximate surface area is 134 Å². The predicted octanol–water partition coefficient (Wildman–Crippen LogP) is 5.92. The van der Waals surface area contributed by atoms with E-state index in [1.807, 2.05) is 12.1 Å². The van der Waals surface area contributed by atoms with Gasteiger partial charge in [-0.05, 0) is 50.8 Å². The minimum Gasteiger partial charge on any atom is -0.113 e. The Morgan fingerprint density at radius 2 is 1.53 bits per heavy atom. The summed E-state index contributed by atoms with van der Waals surface area (Å²) in [5.41, 5.74) is 3.84. The predicted molar refractivity (Wildman–Crippen MR) is 92.0 cm³/mol. The van der Waals surface area contributed by atoms with Gasteiger partial charge in [-0.2, -0.15) is 0 Å². The van der Waals surface area contributed by atoms with E-state index < -0.39 is 0 Å². The normalized spacial score (nSPS) is 13.3. The van der Waals surface area contributed by atoms with Crippen molar-refractivity contribution in [3.05, 3.63) is 68.8 Å². The molecule has 0 aliphatic carbocycles. The summed E-state index contributed by atoms with van der Waals surface area (Å²) in [6.07, 6.45) is 0. The quantitative estimate of drug-likeness (QED) is 0.445. The number of halogens is 2. The maximum Gasteiger partial charge on any atom is 0.0845 e. The Bertz CT molecular complexity index is 552. The van der Waals surface area contributed by atoms with Crippen LogP contribution in [0, 0.1) is 3.57 Å². The van der Waals surface area contributed by atoms with E-state index in [2.05, 4.69) is 79.8 Å². The monoisotopic (exact) mass is 384 g/mol.